The van der Waals surface area contributed by atoms with E-state index in [2.05, 4.69) is 15.6 Å². The van der Waals surface area contributed by atoms with Crippen molar-refractivity contribution in [1.29, 1.82) is 0 Å². The van der Waals surface area contributed by atoms with Crippen molar-refractivity contribution in [2.75, 3.05) is 6.54 Å². The third kappa shape index (κ3) is 3.30. The van der Waals surface area contributed by atoms with Crippen LogP contribution in [-0.2, 0) is 4.79 Å². The summed E-state index contributed by atoms with van der Waals surface area (Å²) in [6.45, 7) is -0.0794. The number of hydrogen-bond acceptors (Lipinski definition) is 3. The Hall–Kier alpha value is -2.70. The molecule has 0 radical (unpaired) electrons. The van der Waals surface area contributed by atoms with Crippen LogP contribution < -0.4 is 10.6 Å². The highest BCUT2D eigenvalue weighted by Gasteiger charge is 2.23. The van der Waals surface area contributed by atoms with Gasteiger partial charge >= 0.3 is 0 Å². The fraction of sp³-hybridized carbons (Fsp3) is 0.267. The van der Waals surface area contributed by atoms with E-state index in [4.69, 9.17) is 0 Å². The summed E-state index contributed by atoms with van der Waals surface area (Å²) >= 11 is 0. The number of hydrogen-bond donors (Lipinski definition) is 2. The van der Waals surface area contributed by atoms with E-state index in [1.807, 2.05) is 0 Å². The molecule has 2 aromatic rings. The average Bonchev–Trinajstić information content (AvgIpc) is 3.18. The van der Waals surface area contributed by atoms with Crippen LogP contribution in [0.4, 0.5) is 4.39 Å². The van der Waals surface area contributed by atoms with Crippen LogP contribution in [0.1, 0.15) is 23.3 Å². The van der Waals surface area contributed by atoms with Crippen molar-refractivity contribution in [2.45, 2.75) is 18.9 Å². The van der Waals surface area contributed by atoms with Crippen LogP contribution in [0.25, 0.3) is 5.69 Å². The molecule has 1 saturated carbocycles. The molecule has 1 aromatic heterocycles. The second kappa shape index (κ2) is 5.97. The van der Waals surface area contributed by atoms with E-state index in [-0.39, 0.29) is 30.0 Å². The van der Waals surface area contributed by atoms with Crippen LogP contribution >= 0.6 is 0 Å². The van der Waals surface area contributed by atoms with E-state index in [1.165, 1.54) is 29.2 Å². The van der Waals surface area contributed by atoms with E-state index in [9.17, 15) is 14.0 Å². The molecule has 1 aliphatic rings. The van der Waals surface area contributed by atoms with Crippen molar-refractivity contribution < 1.29 is 14.0 Å². The average molecular weight is 302 g/mol. The highest BCUT2D eigenvalue weighted by molar-refractivity contribution is 5.95. The van der Waals surface area contributed by atoms with Crippen molar-refractivity contribution in [2.24, 2.45) is 0 Å². The normalized spacial score (nSPS) is 13.7. The van der Waals surface area contributed by atoms with Crippen LogP contribution in [0.3, 0.4) is 0 Å². The summed E-state index contributed by atoms with van der Waals surface area (Å²) < 4.78 is 14.5. The summed E-state index contributed by atoms with van der Waals surface area (Å²) in [6, 6.07) is 5.97. The monoisotopic (exact) mass is 302 g/mol. The summed E-state index contributed by atoms with van der Waals surface area (Å²) in [7, 11) is 0. The Morgan fingerprint density at radius 2 is 2.00 bits per heavy atom. The number of amides is 2. The predicted molar refractivity (Wildman–Crippen MR) is 77.0 cm³/mol. The Balaban J connectivity index is 1.66. The fourth-order valence-corrected chi connectivity index (χ4v) is 2.03. The molecule has 114 valence electrons. The van der Waals surface area contributed by atoms with Gasteiger partial charge in [-0.25, -0.2) is 9.37 Å². The molecule has 7 heteroatoms. The summed E-state index contributed by atoms with van der Waals surface area (Å²) in [6.07, 6.45) is 4.86. The van der Waals surface area contributed by atoms with E-state index in [1.54, 1.807) is 12.1 Å². The Labute approximate surface area is 126 Å². The Bertz CT molecular complexity index is 692. The zero-order chi connectivity index (χ0) is 15.5. The number of nitrogens with zero attached hydrogens (tertiary/aromatic N) is 2. The van der Waals surface area contributed by atoms with Crippen LogP contribution in [0.2, 0.25) is 0 Å². The van der Waals surface area contributed by atoms with Crippen LogP contribution in [-0.4, -0.2) is 34.0 Å². The van der Waals surface area contributed by atoms with Gasteiger partial charge in [0.15, 0.2) is 0 Å². The maximum absolute atomic E-state index is 13.0. The van der Waals surface area contributed by atoms with E-state index < -0.39 is 5.91 Å². The summed E-state index contributed by atoms with van der Waals surface area (Å²) in [4.78, 5) is 27.7. The highest BCUT2D eigenvalue weighted by atomic mass is 19.1. The van der Waals surface area contributed by atoms with Gasteiger partial charge in [-0.2, -0.15) is 0 Å². The zero-order valence-corrected chi connectivity index (χ0v) is 11.8. The molecule has 6 nitrogen and oxygen atoms in total. The van der Waals surface area contributed by atoms with Gasteiger partial charge in [-0.05, 0) is 37.1 Å². The summed E-state index contributed by atoms with van der Waals surface area (Å²) in [5.74, 6) is -0.969. The number of benzene rings is 1. The van der Waals surface area contributed by atoms with Crippen molar-refractivity contribution in [1.82, 2.24) is 20.2 Å². The SMILES string of the molecule is O=C(CNC(=O)c1cncn1-c1ccc(F)cc1)NC1CC1. The lowest BCUT2D eigenvalue weighted by atomic mass is 10.3. The molecule has 22 heavy (non-hydrogen) atoms. The zero-order valence-electron chi connectivity index (χ0n) is 11.8. The topological polar surface area (TPSA) is 76.0 Å². The molecule has 1 aliphatic carbocycles. The van der Waals surface area contributed by atoms with Crippen LogP contribution in [0.15, 0.2) is 36.8 Å². The van der Waals surface area contributed by atoms with Gasteiger partial charge in [-0.1, -0.05) is 0 Å². The van der Waals surface area contributed by atoms with Crippen molar-refractivity contribution >= 4 is 11.8 Å². The van der Waals surface area contributed by atoms with E-state index in [0.717, 1.165) is 12.8 Å². The first-order valence-corrected chi connectivity index (χ1v) is 6.99. The number of imidazole rings is 1. The van der Waals surface area contributed by atoms with Gasteiger partial charge in [0.05, 0.1) is 19.1 Å². The van der Waals surface area contributed by atoms with E-state index >= 15 is 0 Å². The number of carbonyl (C=O) groups is 2. The van der Waals surface area contributed by atoms with E-state index in [0.29, 0.717) is 5.69 Å². The lowest BCUT2D eigenvalue weighted by Gasteiger charge is -2.09. The van der Waals surface area contributed by atoms with Gasteiger partial charge in [0.2, 0.25) is 5.91 Å². The number of rotatable bonds is 5. The lowest BCUT2D eigenvalue weighted by Crippen LogP contribution is -2.38. The van der Waals surface area contributed by atoms with Gasteiger partial charge in [0, 0.05) is 11.7 Å². The third-order valence-electron chi connectivity index (χ3n) is 3.33. The molecule has 0 aliphatic heterocycles. The largest absolute Gasteiger partial charge is 0.352 e. The molecule has 0 atom stereocenters. The molecule has 2 N–H and O–H groups in total. The van der Waals surface area contributed by atoms with Crippen molar-refractivity contribution in [3.05, 3.63) is 48.3 Å². The predicted octanol–water partition coefficient (Wildman–Crippen LogP) is 1.02. The second-order valence-corrected chi connectivity index (χ2v) is 5.15. The smallest absolute Gasteiger partial charge is 0.270 e. The number of halogens is 1. The molecule has 3 rings (SSSR count). The fourth-order valence-electron chi connectivity index (χ4n) is 2.03. The molecule has 1 fully saturated rings. The molecule has 0 bridgehead atoms. The van der Waals surface area contributed by atoms with Crippen LogP contribution in [0.5, 0.6) is 0 Å². The maximum atomic E-state index is 13.0. The van der Waals surface area contributed by atoms with Crippen molar-refractivity contribution in [3.63, 3.8) is 0 Å². The third-order valence-corrected chi connectivity index (χ3v) is 3.33. The molecule has 1 aromatic carbocycles. The number of aromatic nitrogens is 2. The summed E-state index contributed by atoms with van der Waals surface area (Å²) in [5, 5.41) is 5.34. The van der Waals surface area contributed by atoms with Crippen molar-refractivity contribution in [3.8, 4) is 5.69 Å². The lowest BCUT2D eigenvalue weighted by molar-refractivity contribution is -0.120. The molecule has 0 spiro atoms. The second-order valence-electron chi connectivity index (χ2n) is 5.15. The summed E-state index contributed by atoms with van der Waals surface area (Å²) in [5.41, 5.74) is 0.900. The quantitative estimate of drug-likeness (QED) is 0.866. The minimum atomic E-state index is -0.409. The molecule has 2 amide bonds. The first-order valence-electron chi connectivity index (χ1n) is 6.99. The Morgan fingerprint density at radius 1 is 1.27 bits per heavy atom. The van der Waals surface area contributed by atoms with Gasteiger partial charge in [-0.3, -0.25) is 14.2 Å². The minimum Gasteiger partial charge on any atom is -0.352 e. The molecule has 0 unspecified atom stereocenters. The maximum Gasteiger partial charge on any atom is 0.270 e. The van der Waals surface area contributed by atoms with Gasteiger partial charge in [-0.15, -0.1) is 0 Å². The first kappa shape index (κ1) is 14.2. The molecular formula is C15H15FN4O2. The number of nitrogens with one attached hydrogen (secondary N) is 2. The first-order chi connectivity index (χ1) is 10.6. The van der Waals surface area contributed by atoms with Gasteiger partial charge in [0.1, 0.15) is 11.5 Å². The molecular weight excluding hydrogens is 287 g/mol. The Kier molecular flexibility index (Phi) is 3.86. The Morgan fingerprint density at radius 3 is 2.68 bits per heavy atom. The highest BCUT2D eigenvalue weighted by Crippen LogP contribution is 2.18. The standard InChI is InChI=1S/C15H15FN4O2/c16-10-1-5-12(6-2-10)20-9-17-7-13(20)15(22)18-8-14(21)19-11-3-4-11/h1-2,5-7,9,11H,3-4,8H2,(H,18,22)(H,19,21). The molecule has 1 heterocycles. The van der Waals surface area contributed by atoms with Crippen LogP contribution in [0, 0.1) is 5.82 Å². The van der Waals surface area contributed by atoms with Gasteiger partial charge in [0.25, 0.3) is 5.91 Å². The van der Waals surface area contributed by atoms with Gasteiger partial charge < -0.3 is 10.6 Å². The molecule has 0 saturated heterocycles. The minimum absolute atomic E-state index is 0.0794. The number of carbonyl (C=O) groups excluding carboxylic acids is 2.